The van der Waals surface area contributed by atoms with Crippen LogP contribution in [-0.4, -0.2) is 36.7 Å². The average molecular weight is 342 g/mol. The molecule has 0 radical (unpaired) electrons. The molecule has 25 heavy (non-hydrogen) atoms. The number of nitrogens with zero attached hydrogens (tertiary/aromatic N) is 1. The summed E-state index contributed by atoms with van der Waals surface area (Å²) >= 11 is 0. The van der Waals surface area contributed by atoms with Crippen molar-refractivity contribution in [1.82, 2.24) is 5.32 Å². The van der Waals surface area contributed by atoms with Crippen molar-refractivity contribution in [2.75, 3.05) is 24.6 Å². The minimum Gasteiger partial charge on any atom is -0.494 e. The van der Waals surface area contributed by atoms with E-state index in [1.54, 1.807) is 24.3 Å². The highest BCUT2D eigenvalue weighted by molar-refractivity contribution is 5.84. The summed E-state index contributed by atoms with van der Waals surface area (Å²) in [7, 11) is 0. The van der Waals surface area contributed by atoms with Crippen molar-refractivity contribution in [2.24, 2.45) is 0 Å². The molecule has 2 aromatic carbocycles. The highest BCUT2D eigenvalue weighted by Gasteiger charge is 2.14. The molecule has 0 saturated carbocycles. The molecule has 0 atom stereocenters. The van der Waals surface area contributed by atoms with Crippen molar-refractivity contribution in [1.29, 1.82) is 0 Å². The normalized spacial score (nSPS) is 10.1. The zero-order valence-corrected chi connectivity index (χ0v) is 14.1. The van der Waals surface area contributed by atoms with E-state index in [-0.39, 0.29) is 19.0 Å². The fourth-order valence-corrected chi connectivity index (χ4v) is 2.38. The first-order chi connectivity index (χ1) is 12.1. The summed E-state index contributed by atoms with van der Waals surface area (Å²) in [6, 6.07) is 16.5. The molecule has 0 heterocycles. The number of carboxylic acids is 1. The lowest BCUT2D eigenvalue weighted by atomic mass is 10.2. The van der Waals surface area contributed by atoms with Gasteiger partial charge in [-0.1, -0.05) is 30.3 Å². The molecule has 0 bridgehead atoms. The first-order valence-electron chi connectivity index (χ1n) is 8.08. The van der Waals surface area contributed by atoms with Gasteiger partial charge < -0.3 is 20.1 Å². The Balaban J connectivity index is 1.94. The largest absolute Gasteiger partial charge is 0.494 e. The number of hydrogen-bond donors (Lipinski definition) is 2. The van der Waals surface area contributed by atoms with Crippen LogP contribution in [0.15, 0.2) is 54.6 Å². The second kappa shape index (κ2) is 9.32. The maximum absolute atomic E-state index is 12.2. The minimum absolute atomic E-state index is 0.0263. The van der Waals surface area contributed by atoms with Gasteiger partial charge in [0.05, 0.1) is 13.2 Å². The van der Waals surface area contributed by atoms with E-state index in [9.17, 15) is 9.59 Å². The topological polar surface area (TPSA) is 78.9 Å². The number of nitrogens with one attached hydrogen (secondary N) is 1. The molecule has 6 heteroatoms. The smallest absolute Gasteiger partial charge is 0.323 e. The lowest BCUT2D eigenvalue weighted by molar-refractivity contribution is -0.135. The second-order valence-electron chi connectivity index (χ2n) is 5.44. The van der Waals surface area contributed by atoms with Crippen LogP contribution in [0.1, 0.15) is 12.5 Å². The van der Waals surface area contributed by atoms with Crippen LogP contribution < -0.4 is 15.0 Å². The molecule has 0 aromatic heterocycles. The molecule has 6 nitrogen and oxygen atoms in total. The molecule has 0 fully saturated rings. The zero-order valence-electron chi connectivity index (χ0n) is 14.1. The number of hydrogen-bond acceptors (Lipinski definition) is 4. The van der Waals surface area contributed by atoms with Gasteiger partial charge in [-0.05, 0) is 36.8 Å². The van der Waals surface area contributed by atoms with Crippen molar-refractivity contribution < 1.29 is 19.4 Å². The number of ether oxygens (including phenoxy) is 1. The van der Waals surface area contributed by atoms with Gasteiger partial charge in [0.25, 0.3) is 0 Å². The number of amides is 1. The number of carboxylic acid groups (broad SMARTS) is 1. The number of benzene rings is 2. The lowest BCUT2D eigenvalue weighted by Gasteiger charge is -2.22. The van der Waals surface area contributed by atoms with E-state index >= 15 is 0 Å². The number of rotatable bonds is 9. The van der Waals surface area contributed by atoms with Gasteiger partial charge in [-0.2, -0.15) is 0 Å². The standard InChI is InChI=1S/C19H22N2O4/c1-2-25-17-10-6-7-15(11-17)12-20-18(22)13-21(14-19(23)24)16-8-4-3-5-9-16/h3-11H,2,12-14H2,1H3,(H,20,22)(H,23,24). The molecule has 0 spiro atoms. The van der Waals surface area contributed by atoms with Crippen LogP contribution in [0.4, 0.5) is 5.69 Å². The van der Waals surface area contributed by atoms with E-state index in [0.29, 0.717) is 18.8 Å². The van der Waals surface area contributed by atoms with Crippen LogP contribution in [0.25, 0.3) is 0 Å². The van der Waals surface area contributed by atoms with Gasteiger partial charge in [-0.25, -0.2) is 0 Å². The Morgan fingerprint density at radius 1 is 1.08 bits per heavy atom. The molecule has 2 N–H and O–H groups in total. The third-order valence-corrected chi connectivity index (χ3v) is 3.48. The summed E-state index contributed by atoms with van der Waals surface area (Å²) in [6.45, 7) is 2.58. The quantitative estimate of drug-likeness (QED) is 0.731. The van der Waals surface area contributed by atoms with Gasteiger partial charge >= 0.3 is 5.97 Å². The summed E-state index contributed by atoms with van der Waals surface area (Å²) in [6.07, 6.45) is 0. The van der Waals surface area contributed by atoms with E-state index in [1.807, 2.05) is 37.3 Å². The Morgan fingerprint density at radius 3 is 2.52 bits per heavy atom. The first kappa shape index (κ1) is 18.3. The van der Waals surface area contributed by atoms with Gasteiger partial charge in [-0.3, -0.25) is 9.59 Å². The summed E-state index contributed by atoms with van der Waals surface area (Å²) in [4.78, 5) is 24.8. The Morgan fingerprint density at radius 2 is 1.84 bits per heavy atom. The summed E-state index contributed by atoms with van der Waals surface area (Å²) in [5, 5.41) is 11.9. The van der Waals surface area contributed by atoms with Gasteiger partial charge in [0.2, 0.25) is 5.91 Å². The maximum Gasteiger partial charge on any atom is 0.323 e. The second-order valence-corrected chi connectivity index (χ2v) is 5.44. The summed E-state index contributed by atoms with van der Waals surface area (Å²) < 4.78 is 5.43. The number of aliphatic carboxylic acids is 1. The van der Waals surface area contributed by atoms with Crippen LogP contribution in [0.3, 0.4) is 0 Å². The zero-order chi connectivity index (χ0) is 18.1. The third kappa shape index (κ3) is 6.18. The molecule has 0 saturated heterocycles. The molecule has 0 aliphatic carbocycles. The van der Waals surface area contributed by atoms with Gasteiger partial charge in [0.15, 0.2) is 0 Å². The molecule has 2 rings (SSSR count). The van der Waals surface area contributed by atoms with Gasteiger partial charge in [0, 0.05) is 12.2 Å². The molecule has 2 aromatic rings. The average Bonchev–Trinajstić information content (AvgIpc) is 2.60. The van der Waals surface area contributed by atoms with E-state index in [4.69, 9.17) is 9.84 Å². The Labute approximate surface area is 147 Å². The predicted molar refractivity (Wildman–Crippen MR) is 95.7 cm³/mol. The Kier molecular flexibility index (Phi) is 6.83. The van der Waals surface area contributed by atoms with Crippen LogP contribution in [-0.2, 0) is 16.1 Å². The van der Waals surface area contributed by atoms with Crippen LogP contribution >= 0.6 is 0 Å². The monoisotopic (exact) mass is 342 g/mol. The molecule has 0 aliphatic heterocycles. The van der Waals surface area contributed by atoms with Crippen molar-refractivity contribution >= 4 is 17.6 Å². The number of carbonyl (C=O) groups is 2. The molecule has 1 amide bonds. The Hall–Kier alpha value is -3.02. The Bertz CT molecular complexity index is 704. The third-order valence-electron chi connectivity index (χ3n) is 3.48. The van der Waals surface area contributed by atoms with E-state index < -0.39 is 5.97 Å². The van der Waals surface area contributed by atoms with Gasteiger partial charge in [-0.15, -0.1) is 0 Å². The predicted octanol–water partition coefficient (Wildman–Crippen LogP) is 2.29. The fraction of sp³-hybridized carbons (Fsp3) is 0.263. The highest BCUT2D eigenvalue weighted by Crippen LogP contribution is 2.14. The molecule has 132 valence electrons. The van der Waals surface area contributed by atoms with Crippen molar-refractivity contribution in [3.63, 3.8) is 0 Å². The first-order valence-corrected chi connectivity index (χ1v) is 8.08. The minimum atomic E-state index is -0.985. The van der Waals surface area contributed by atoms with E-state index in [0.717, 1.165) is 11.3 Å². The summed E-state index contributed by atoms with van der Waals surface area (Å²) in [5.74, 6) is -0.473. The molecule has 0 aliphatic rings. The number of para-hydroxylation sites is 1. The highest BCUT2D eigenvalue weighted by atomic mass is 16.5. The SMILES string of the molecule is CCOc1cccc(CNC(=O)CN(CC(=O)O)c2ccccc2)c1. The molecular formula is C19H22N2O4. The van der Waals surface area contributed by atoms with Crippen molar-refractivity contribution in [2.45, 2.75) is 13.5 Å². The molecule has 0 unspecified atom stereocenters. The van der Waals surface area contributed by atoms with Crippen molar-refractivity contribution in [3.05, 3.63) is 60.2 Å². The molecular weight excluding hydrogens is 320 g/mol. The lowest BCUT2D eigenvalue weighted by Crippen LogP contribution is -2.39. The number of anilines is 1. The van der Waals surface area contributed by atoms with Crippen molar-refractivity contribution in [3.8, 4) is 5.75 Å². The summed E-state index contributed by atoms with van der Waals surface area (Å²) in [5.41, 5.74) is 1.61. The van der Waals surface area contributed by atoms with E-state index in [1.165, 1.54) is 4.90 Å². The fourth-order valence-electron chi connectivity index (χ4n) is 2.38. The maximum atomic E-state index is 12.2. The number of carbonyl (C=O) groups excluding carboxylic acids is 1. The van der Waals surface area contributed by atoms with Crippen LogP contribution in [0.5, 0.6) is 5.75 Å². The van der Waals surface area contributed by atoms with Crippen LogP contribution in [0.2, 0.25) is 0 Å². The van der Waals surface area contributed by atoms with Gasteiger partial charge in [0.1, 0.15) is 12.3 Å². The van der Waals surface area contributed by atoms with Crippen LogP contribution in [0, 0.1) is 0 Å². The van der Waals surface area contributed by atoms with E-state index in [2.05, 4.69) is 5.32 Å².